The lowest BCUT2D eigenvalue weighted by molar-refractivity contribution is -0.364. The first kappa shape index (κ1) is 19.2. The van der Waals surface area contributed by atoms with Gasteiger partial charge < -0.3 is 4.90 Å². The van der Waals surface area contributed by atoms with Crippen molar-refractivity contribution in [3.63, 3.8) is 0 Å². The first-order chi connectivity index (χ1) is 14.1. The normalized spacial score (nSPS) is 14.3. The quantitative estimate of drug-likeness (QED) is 0.673. The Morgan fingerprint density at radius 1 is 1.00 bits per heavy atom. The molecule has 0 aliphatic carbocycles. The molecule has 6 nitrogen and oxygen atoms in total. The number of benzene rings is 1. The van der Waals surface area contributed by atoms with Crippen LogP contribution in [0.25, 0.3) is 5.69 Å². The molecule has 1 aromatic carbocycles. The summed E-state index contributed by atoms with van der Waals surface area (Å²) >= 11 is 0. The maximum Gasteiger partial charge on any atom is 0.274 e. The van der Waals surface area contributed by atoms with Gasteiger partial charge in [-0.25, -0.2) is 9.67 Å². The number of H-pyrrole nitrogens is 1. The van der Waals surface area contributed by atoms with Crippen LogP contribution in [0.1, 0.15) is 23.4 Å². The summed E-state index contributed by atoms with van der Waals surface area (Å²) in [5, 5.41) is 4.70. The van der Waals surface area contributed by atoms with Crippen LogP contribution in [0.3, 0.4) is 0 Å². The van der Waals surface area contributed by atoms with E-state index in [9.17, 15) is 4.79 Å². The Morgan fingerprint density at radius 3 is 2.41 bits per heavy atom. The topological polar surface area (TPSA) is 55.5 Å². The van der Waals surface area contributed by atoms with Gasteiger partial charge in [0.25, 0.3) is 5.82 Å². The Bertz CT molecular complexity index is 960. The van der Waals surface area contributed by atoms with Crippen molar-refractivity contribution < 1.29 is 9.78 Å². The van der Waals surface area contributed by atoms with Crippen LogP contribution in [0.5, 0.6) is 0 Å². The number of amides is 1. The summed E-state index contributed by atoms with van der Waals surface area (Å²) in [5.74, 6) is 1.34. The maximum atomic E-state index is 12.8. The lowest BCUT2D eigenvalue weighted by Crippen LogP contribution is -2.50. The fraction of sp³-hybridized carbons (Fsp3) is 0.348. The predicted octanol–water partition coefficient (Wildman–Crippen LogP) is 2.58. The molecule has 6 heteroatoms. The molecule has 0 bridgehead atoms. The molecule has 1 N–H and O–H groups in total. The SMILES string of the molecule is Cc1nn(-c2ccccc2)c(C)c1CCC(=O)N1CCN(c2cccc[nH+]2)CC1. The second-order valence-corrected chi connectivity index (χ2v) is 7.51. The second kappa shape index (κ2) is 8.47. The van der Waals surface area contributed by atoms with Crippen molar-refractivity contribution in [3.05, 3.63) is 71.7 Å². The minimum atomic E-state index is 0.230. The molecule has 1 aliphatic heterocycles. The highest BCUT2D eigenvalue weighted by molar-refractivity contribution is 5.76. The lowest BCUT2D eigenvalue weighted by atomic mass is 10.1. The van der Waals surface area contributed by atoms with Gasteiger partial charge in [0.1, 0.15) is 13.1 Å². The molecular formula is C23H28N5O+. The lowest BCUT2D eigenvalue weighted by Gasteiger charge is -2.31. The number of rotatable bonds is 5. The molecule has 1 aliphatic rings. The molecule has 0 atom stereocenters. The number of carbonyl (C=O) groups excluding carboxylic acids is 1. The van der Waals surface area contributed by atoms with Crippen molar-refractivity contribution in [1.82, 2.24) is 14.7 Å². The summed E-state index contributed by atoms with van der Waals surface area (Å²) in [7, 11) is 0. The zero-order valence-electron chi connectivity index (χ0n) is 17.1. The fourth-order valence-corrected chi connectivity index (χ4v) is 4.02. The van der Waals surface area contributed by atoms with E-state index in [0.717, 1.165) is 55.5 Å². The van der Waals surface area contributed by atoms with E-state index in [1.807, 2.05) is 53.0 Å². The third kappa shape index (κ3) is 4.16. The summed E-state index contributed by atoms with van der Waals surface area (Å²) < 4.78 is 1.98. The summed E-state index contributed by atoms with van der Waals surface area (Å²) in [6.07, 6.45) is 3.20. The van der Waals surface area contributed by atoms with Crippen molar-refractivity contribution in [2.75, 3.05) is 31.1 Å². The van der Waals surface area contributed by atoms with Crippen LogP contribution in [-0.4, -0.2) is 46.8 Å². The highest BCUT2D eigenvalue weighted by atomic mass is 16.2. The zero-order valence-corrected chi connectivity index (χ0v) is 17.1. The van der Waals surface area contributed by atoms with Crippen molar-refractivity contribution in [1.29, 1.82) is 0 Å². The van der Waals surface area contributed by atoms with Crippen LogP contribution in [0, 0.1) is 13.8 Å². The Balaban J connectivity index is 1.35. The molecule has 0 saturated carbocycles. The number of hydrogen-bond acceptors (Lipinski definition) is 3. The summed E-state index contributed by atoms with van der Waals surface area (Å²) in [6, 6.07) is 16.2. The van der Waals surface area contributed by atoms with Crippen LogP contribution in [0.2, 0.25) is 0 Å². The summed E-state index contributed by atoms with van der Waals surface area (Å²) in [6.45, 7) is 7.36. The number of aromatic nitrogens is 3. The molecule has 3 heterocycles. The van der Waals surface area contributed by atoms with E-state index in [0.29, 0.717) is 6.42 Å². The van der Waals surface area contributed by atoms with Gasteiger partial charge in [-0.3, -0.25) is 9.69 Å². The van der Waals surface area contributed by atoms with E-state index in [-0.39, 0.29) is 5.91 Å². The third-order valence-electron chi connectivity index (χ3n) is 5.70. The van der Waals surface area contributed by atoms with Gasteiger partial charge in [0.2, 0.25) is 5.91 Å². The maximum absolute atomic E-state index is 12.8. The van der Waals surface area contributed by atoms with Crippen molar-refractivity contribution in [3.8, 4) is 5.69 Å². The molecular weight excluding hydrogens is 362 g/mol. The highest BCUT2D eigenvalue weighted by Crippen LogP contribution is 2.20. The van der Waals surface area contributed by atoms with Gasteiger partial charge in [-0.05, 0) is 44.0 Å². The molecule has 4 rings (SSSR count). The number of anilines is 1. The van der Waals surface area contributed by atoms with E-state index < -0.39 is 0 Å². The van der Waals surface area contributed by atoms with Gasteiger partial charge >= 0.3 is 0 Å². The van der Waals surface area contributed by atoms with Gasteiger partial charge in [0.05, 0.1) is 30.7 Å². The Kier molecular flexibility index (Phi) is 5.60. The monoisotopic (exact) mass is 390 g/mol. The first-order valence-electron chi connectivity index (χ1n) is 10.2. The number of aromatic amines is 1. The van der Waals surface area contributed by atoms with Crippen molar-refractivity contribution in [2.45, 2.75) is 26.7 Å². The summed E-state index contributed by atoms with van der Waals surface area (Å²) in [4.78, 5) is 20.3. The molecule has 29 heavy (non-hydrogen) atoms. The Morgan fingerprint density at radius 2 is 1.72 bits per heavy atom. The smallest absolute Gasteiger partial charge is 0.274 e. The second-order valence-electron chi connectivity index (χ2n) is 7.51. The van der Waals surface area contributed by atoms with E-state index in [1.54, 1.807) is 0 Å². The summed E-state index contributed by atoms with van der Waals surface area (Å²) in [5.41, 5.74) is 4.36. The fourth-order valence-electron chi connectivity index (χ4n) is 4.02. The van der Waals surface area contributed by atoms with Crippen LogP contribution >= 0.6 is 0 Å². The van der Waals surface area contributed by atoms with Crippen molar-refractivity contribution in [2.24, 2.45) is 0 Å². The number of piperazine rings is 1. The molecule has 0 radical (unpaired) electrons. The molecule has 1 amide bonds. The highest BCUT2D eigenvalue weighted by Gasteiger charge is 2.26. The number of nitrogens with one attached hydrogen (secondary N) is 1. The standard InChI is InChI=1S/C23H27N5O/c1-18-21(19(2)28(25-18)20-8-4-3-5-9-20)11-12-23(29)27-16-14-26(15-17-27)22-10-6-7-13-24-22/h3-10,13H,11-12,14-17H2,1-2H3/p+1. The van der Waals surface area contributed by atoms with Gasteiger partial charge in [-0.15, -0.1) is 0 Å². The minimum absolute atomic E-state index is 0.230. The van der Waals surface area contributed by atoms with Crippen LogP contribution in [0.4, 0.5) is 5.82 Å². The number of para-hydroxylation sites is 1. The Labute approximate surface area is 171 Å². The molecule has 1 fully saturated rings. The minimum Gasteiger partial charge on any atom is -0.335 e. The largest absolute Gasteiger partial charge is 0.335 e. The number of hydrogen-bond donors (Lipinski definition) is 0. The number of pyridine rings is 1. The van der Waals surface area contributed by atoms with Crippen LogP contribution < -0.4 is 9.88 Å². The van der Waals surface area contributed by atoms with Gasteiger partial charge in [0, 0.05) is 18.2 Å². The zero-order chi connectivity index (χ0) is 20.2. The van der Waals surface area contributed by atoms with E-state index in [4.69, 9.17) is 5.10 Å². The number of carbonyl (C=O) groups is 1. The number of aryl methyl sites for hydroxylation is 1. The molecule has 0 unspecified atom stereocenters. The van der Waals surface area contributed by atoms with Gasteiger partial charge in [0.15, 0.2) is 0 Å². The van der Waals surface area contributed by atoms with Crippen LogP contribution in [0.15, 0.2) is 54.7 Å². The van der Waals surface area contributed by atoms with Gasteiger partial charge in [-0.2, -0.15) is 5.10 Å². The molecule has 0 spiro atoms. The average Bonchev–Trinajstić information content (AvgIpc) is 3.07. The molecule has 2 aromatic heterocycles. The van der Waals surface area contributed by atoms with E-state index in [2.05, 4.69) is 35.0 Å². The third-order valence-corrected chi connectivity index (χ3v) is 5.70. The number of nitrogens with zero attached hydrogens (tertiary/aromatic N) is 4. The average molecular weight is 391 g/mol. The van der Waals surface area contributed by atoms with Crippen LogP contribution in [-0.2, 0) is 11.2 Å². The molecule has 1 saturated heterocycles. The Hall–Kier alpha value is -3.15. The van der Waals surface area contributed by atoms with E-state index in [1.165, 1.54) is 5.56 Å². The molecule has 150 valence electrons. The molecule has 3 aromatic rings. The predicted molar refractivity (Wildman–Crippen MR) is 113 cm³/mol. The van der Waals surface area contributed by atoms with Gasteiger partial charge in [-0.1, -0.05) is 24.3 Å². The van der Waals surface area contributed by atoms with E-state index >= 15 is 0 Å². The first-order valence-corrected chi connectivity index (χ1v) is 10.2. The van der Waals surface area contributed by atoms with Crippen molar-refractivity contribution >= 4 is 11.7 Å².